The van der Waals surface area contributed by atoms with Crippen molar-refractivity contribution in [2.24, 2.45) is 0 Å². The van der Waals surface area contributed by atoms with Crippen LogP contribution in [0.15, 0.2) is 88.7 Å². The van der Waals surface area contributed by atoms with Crippen LogP contribution in [0.3, 0.4) is 0 Å². The van der Waals surface area contributed by atoms with Crippen LogP contribution in [0.2, 0.25) is 5.02 Å². The molecule has 0 saturated carbocycles. The molecule has 1 amide bonds. The van der Waals surface area contributed by atoms with Crippen molar-refractivity contribution in [2.45, 2.75) is 16.3 Å². The van der Waals surface area contributed by atoms with Crippen LogP contribution in [0, 0.1) is 0 Å². The Balaban J connectivity index is 1.49. The van der Waals surface area contributed by atoms with E-state index >= 15 is 0 Å². The van der Waals surface area contributed by atoms with E-state index in [0.29, 0.717) is 36.9 Å². The molecule has 12 heteroatoms. The summed E-state index contributed by atoms with van der Waals surface area (Å²) in [6, 6.07) is 20.6. The first kappa shape index (κ1) is 28.2. The zero-order valence-corrected chi connectivity index (χ0v) is 23.2. The molecular formula is C26H29ClN4O5S2. The lowest BCUT2D eigenvalue weighted by atomic mass is 10.2. The number of nitrogens with one attached hydrogen (secondary N) is 1. The smallest absolute Gasteiger partial charge is 0.243 e. The van der Waals surface area contributed by atoms with Gasteiger partial charge in [0.1, 0.15) is 0 Å². The molecule has 0 atom stereocenters. The van der Waals surface area contributed by atoms with Gasteiger partial charge in [0.15, 0.2) is 0 Å². The van der Waals surface area contributed by atoms with E-state index in [-0.39, 0.29) is 16.3 Å². The van der Waals surface area contributed by atoms with Crippen molar-refractivity contribution in [1.82, 2.24) is 13.5 Å². The maximum absolute atomic E-state index is 13.4. The van der Waals surface area contributed by atoms with E-state index in [0.717, 1.165) is 9.87 Å². The number of likely N-dealkylation sites (N-methyl/N-ethyl adjacent to an activating group) is 1. The van der Waals surface area contributed by atoms with Crippen molar-refractivity contribution in [3.63, 3.8) is 0 Å². The summed E-state index contributed by atoms with van der Waals surface area (Å²) < 4.78 is 55.2. The maximum Gasteiger partial charge on any atom is 0.243 e. The van der Waals surface area contributed by atoms with E-state index < -0.39 is 32.5 Å². The van der Waals surface area contributed by atoms with Crippen LogP contribution in [-0.2, 0) is 31.4 Å². The molecule has 0 bridgehead atoms. The molecule has 1 aliphatic heterocycles. The SMILES string of the molecule is CN1CCN(S(=O)(=O)c2ccc(NC(=O)CN(Cc3ccccc3)S(=O)(=O)c3ccc(Cl)cc3)cc2)CC1. The average molecular weight is 577 g/mol. The number of rotatable bonds is 9. The molecule has 4 rings (SSSR count). The first-order valence-corrected chi connectivity index (χ1v) is 15.2. The Hall–Kier alpha value is -2.80. The predicted octanol–water partition coefficient (Wildman–Crippen LogP) is 3.11. The van der Waals surface area contributed by atoms with Gasteiger partial charge in [-0.2, -0.15) is 8.61 Å². The molecule has 202 valence electrons. The molecule has 0 spiro atoms. The minimum atomic E-state index is -4.02. The van der Waals surface area contributed by atoms with E-state index in [1.54, 1.807) is 24.3 Å². The van der Waals surface area contributed by atoms with Gasteiger partial charge in [-0.25, -0.2) is 16.8 Å². The molecule has 3 aromatic carbocycles. The molecule has 3 aromatic rings. The van der Waals surface area contributed by atoms with E-state index in [4.69, 9.17) is 11.6 Å². The lowest BCUT2D eigenvalue weighted by Gasteiger charge is -2.31. The van der Waals surface area contributed by atoms with Crippen molar-refractivity contribution in [3.8, 4) is 0 Å². The van der Waals surface area contributed by atoms with E-state index in [2.05, 4.69) is 10.2 Å². The Morgan fingerprint density at radius 2 is 1.42 bits per heavy atom. The molecule has 1 fully saturated rings. The number of hydrogen-bond acceptors (Lipinski definition) is 6. The van der Waals surface area contributed by atoms with Gasteiger partial charge >= 0.3 is 0 Å². The number of anilines is 1. The molecule has 38 heavy (non-hydrogen) atoms. The van der Waals surface area contributed by atoms with Crippen molar-refractivity contribution in [2.75, 3.05) is 45.1 Å². The van der Waals surface area contributed by atoms with Crippen LogP contribution >= 0.6 is 11.6 Å². The Morgan fingerprint density at radius 1 is 0.842 bits per heavy atom. The summed E-state index contributed by atoms with van der Waals surface area (Å²) in [5.74, 6) is -0.562. The van der Waals surface area contributed by atoms with Gasteiger partial charge in [-0.05, 0) is 61.1 Å². The monoisotopic (exact) mass is 576 g/mol. The molecule has 9 nitrogen and oxygen atoms in total. The van der Waals surface area contributed by atoms with Gasteiger partial charge in [-0.3, -0.25) is 4.79 Å². The zero-order chi connectivity index (χ0) is 27.3. The fourth-order valence-corrected chi connectivity index (χ4v) is 6.95. The summed E-state index contributed by atoms with van der Waals surface area (Å²) in [4.78, 5) is 15.2. The zero-order valence-electron chi connectivity index (χ0n) is 20.8. The minimum absolute atomic E-state index is 0.0125. The summed E-state index contributed by atoms with van der Waals surface area (Å²) in [6.45, 7) is 1.69. The highest BCUT2D eigenvalue weighted by Crippen LogP contribution is 2.22. The topological polar surface area (TPSA) is 107 Å². The second-order valence-corrected chi connectivity index (χ2v) is 13.3. The van der Waals surface area contributed by atoms with Gasteiger partial charge < -0.3 is 10.2 Å². The normalized spacial score (nSPS) is 15.4. The van der Waals surface area contributed by atoms with Gasteiger partial charge in [0.25, 0.3) is 0 Å². The molecule has 0 unspecified atom stereocenters. The summed E-state index contributed by atoms with van der Waals surface area (Å²) in [5.41, 5.74) is 1.08. The standard InChI is InChI=1S/C26H29ClN4O5S2/c1-29-15-17-30(18-16-29)37(33,34)25-13-9-23(10-14-25)28-26(32)20-31(19-21-5-3-2-4-6-21)38(35,36)24-11-7-22(27)8-12-24/h2-14H,15-20H2,1H3,(H,28,32). The molecule has 1 saturated heterocycles. The molecular weight excluding hydrogens is 548 g/mol. The molecule has 1 heterocycles. The van der Waals surface area contributed by atoms with Crippen molar-refractivity contribution < 1.29 is 21.6 Å². The number of piperazine rings is 1. The van der Waals surface area contributed by atoms with E-state index in [1.807, 2.05) is 13.1 Å². The molecule has 0 radical (unpaired) electrons. The van der Waals surface area contributed by atoms with Crippen molar-refractivity contribution in [1.29, 1.82) is 0 Å². The Kier molecular flexibility index (Phi) is 8.86. The van der Waals surface area contributed by atoms with Gasteiger partial charge in [0.05, 0.1) is 16.3 Å². The fraction of sp³-hybridized carbons (Fsp3) is 0.269. The van der Waals surface area contributed by atoms with Crippen LogP contribution in [0.25, 0.3) is 0 Å². The van der Waals surface area contributed by atoms with E-state index in [1.165, 1.54) is 52.8 Å². The molecule has 0 aromatic heterocycles. The number of benzene rings is 3. The second-order valence-electron chi connectivity index (χ2n) is 8.99. The van der Waals surface area contributed by atoms with Crippen LogP contribution in [-0.4, -0.2) is 76.0 Å². The Morgan fingerprint density at radius 3 is 2.03 bits per heavy atom. The highest BCUT2D eigenvalue weighted by atomic mass is 35.5. The van der Waals surface area contributed by atoms with Gasteiger partial charge in [0, 0.05) is 43.4 Å². The summed E-state index contributed by atoms with van der Waals surface area (Å²) in [5, 5.41) is 3.07. The lowest BCUT2D eigenvalue weighted by Crippen LogP contribution is -2.46. The number of carbonyl (C=O) groups is 1. The third-order valence-electron chi connectivity index (χ3n) is 6.21. The predicted molar refractivity (Wildman–Crippen MR) is 147 cm³/mol. The summed E-state index contributed by atoms with van der Waals surface area (Å²) in [7, 11) is -5.71. The van der Waals surface area contributed by atoms with Crippen LogP contribution < -0.4 is 5.32 Å². The largest absolute Gasteiger partial charge is 0.325 e. The number of nitrogens with zero attached hydrogens (tertiary/aromatic N) is 3. The maximum atomic E-state index is 13.4. The van der Waals surface area contributed by atoms with Crippen LogP contribution in [0.5, 0.6) is 0 Å². The molecule has 0 aliphatic carbocycles. The Labute approximate surface area is 228 Å². The summed E-state index contributed by atoms with van der Waals surface area (Å²) in [6.07, 6.45) is 0. The quantitative estimate of drug-likeness (QED) is 0.419. The van der Waals surface area contributed by atoms with Gasteiger partial charge in [0.2, 0.25) is 26.0 Å². The number of amides is 1. The Bertz CT molecular complexity index is 1460. The van der Waals surface area contributed by atoms with E-state index in [9.17, 15) is 21.6 Å². The van der Waals surface area contributed by atoms with Gasteiger partial charge in [-0.1, -0.05) is 41.9 Å². The average Bonchev–Trinajstić information content (AvgIpc) is 2.90. The van der Waals surface area contributed by atoms with Gasteiger partial charge in [-0.15, -0.1) is 0 Å². The number of carbonyl (C=O) groups excluding carboxylic acids is 1. The summed E-state index contributed by atoms with van der Waals surface area (Å²) >= 11 is 5.92. The van der Waals surface area contributed by atoms with Crippen molar-refractivity contribution in [3.05, 3.63) is 89.4 Å². The lowest BCUT2D eigenvalue weighted by molar-refractivity contribution is -0.116. The molecule has 1 aliphatic rings. The van der Waals surface area contributed by atoms with Crippen molar-refractivity contribution >= 4 is 43.2 Å². The third kappa shape index (κ3) is 6.79. The fourth-order valence-electron chi connectivity index (χ4n) is 4.02. The number of hydrogen-bond donors (Lipinski definition) is 1. The highest BCUT2D eigenvalue weighted by Gasteiger charge is 2.29. The first-order valence-electron chi connectivity index (χ1n) is 11.9. The first-order chi connectivity index (χ1) is 18.1. The second kappa shape index (κ2) is 11.9. The minimum Gasteiger partial charge on any atom is -0.325 e. The highest BCUT2D eigenvalue weighted by molar-refractivity contribution is 7.89. The number of halogens is 1. The van der Waals surface area contributed by atoms with Crippen LogP contribution in [0.1, 0.15) is 5.56 Å². The van der Waals surface area contributed by atoms with Crippen LogP contribution in [0.4, 0.5) is 5.69 Å². The third-order valence-corrected chi connectivity index (χ3v) is 10.2. The molecule has 1 N–H and O–H groups in total. The number of sulfonamides is 2.